The Balaban J connectivity index is 1.50. The number of hydrogen-bond donors (Lipinski definition) is 0. The predicted molar refractivity (Wildman–Crippen MR) is 101 cm³/mol. The molecule has 0 bridgehead atoms. The van der Waals surface area contributed by atoms with Crippen LogP contribution >= 0.6 is 0 Å². The summed E-state index contributed by atoms with van der Waals surface area (Å²) in [6.07, 6.45) is 4.16. The highest BCUT2D eigenvalue weighted by Crippen LogP contribution is 2.28. The second-order valence-corrected chi connectivity index (χ2v) is 8.98. The van der Waals surface area contributed by atoms with Gasteiger partial charge in [-0.3, -0.25) is 0 Å². The highest BCUT2D eigenvalue weighted by molar-refractivity contribution is 7.91. The van der Waals surface area contributed by atoms with E-state index in [1.54, 1.807) is 16.9 Å². The summed E-state index contributed by atoms with van der Waals surface area (Å²) in [5.41, 5.74) is 2.48. The first kappa shape index (κ1) is 17.7. The maximum atomic E-state index is 14.0. The van der Waals surface area contributed by atoms with Gasteiger partial charge in [-0.05, 0) is 47.9 Å². The average molecular weight is 386 g/mol. The zero-order chi connectivity index (χ0) is 18.9. The molecule has 0 aliphatic carbocycles. The molecule has 140 valence electrons. The van der Waals surface area contributed by atoms with Crippen LogP contribution in [0.4, 0.5) is 4.39 Å². The molecule has 4 rings (SSSR count). The van der Waals surface area contributed by atoms with Crippen molar-refractivity contribution in [2.45, 2.75) is 6.42 Å². The topological polar surface area (TPSA) is 61.2 Å². The lowest BCUT2D eigenvalue weighted by Crippen LogP contribution is -2.13. The Morgan fingerprint density at radius 2 is 1.96 bits per heavy atom. The molecule has 1 unspecified atom stereocenters. The number of sulfone groups is 1. The molecule has 2 aromatic carbocycles. The molecule has 27 heavy (non-hydrogen) atoms. The van der Waals surface area contributed by atoms with Crippen LogP contribution in [0.15, 0.2) is 60.9 Å². The summed E-state index contributed by atoms with van der Waals surface area (Å²) in [4.78, 5) is 0. The monoisotopic (exact) mass is 386 g/mol. The third-order valence-corrected chi connectivity index (χ3v) is 6.49. The third-order valence-electron chi connectivity index (χ3n) is 4.65. The predicted octanol–water partition coefficient (Wildman–Crippen LogP) is 3.49. The first-order valence-electron chi connectivity index (χ1n) is 8.73. The van der Waals surface area contributed by atoms with Gasteiger partial charge in [0, 0.05) is 24.4 Å². The van der Waals surface area contributed by atoms with Crippen LogP contribution in [0.1, 0.15) is 6.42 Å². The van der Waals surface area contributed by atoms with Crippen molar-refractivity contribution < 1.29 is 17.5 Å². The minimum Gasteiger partial charge on any atom is -0.493 e. The van der Waals surface area contributed by atoms with Crippen molar-refractivity contribution in [1.82, 2.24) is 9.78 Å². The SMILES string of the molecule is O=S1(=O)CCC(COc2cc(F)cc(-c3ccc(-n4cccn4)cc3)c2)C1. The second kappa shape index (κ2) is 7.15. The molecule has 1 aromatic heterocycles. The molecule has 0 radical (unpaired) electrons. The zero-order valence-electron chi connectivity index (χ0n) is 14.6. The summed E-state index contributed by atoms with van der Waals surface area (Å²) in [7, 11) is -2.94. The number of aromatic nitrogens is 2. The van der Waals surface area contributed by atoms with E-state index in [2.05, 4.69) is 5.10 Å². The number of benzene rings is 2. The van der Waals surface area contributed by atoms with Crippen LogP contribution in [0.3, 0.4) is 0 Å². The Morgan fingerprint density at radius 1 is 1.15 bits per heavy atom. The first-order chi connectivity index (χ1) is 13.0. The average Bonchev–Trinajstić information content (AvgIpc) is 3.29. The van der Waals surface area contributed by atoms with Gasteiger partial charge in [0.2, 0.25) is 0 Å². The van der Waals surface area contributed by atoms with Crippen LogP contribution in [-0.2, 0) is 9.84 Å². The van der Waals surface area contributed by atoms with Gasteiger partial charge in [-0.25, -0.2) is 17.5 Å². The normalized spacial score (nSPS) is 18.5. The van der Waals surface area contributed by atoms with Crippen LogP contribution in [0.5, 0.6) is 5.75 Å². The Hall–Kier alpha value is -2.67. The largest absolute Gasteiger partial charge is 0.493 e. The van der Waals surface area contributed by atoms with Gasteiger partial charge in [0.1, 0.15) is 11.6 Å². The molecule has 1 atom stereocenters. The lowest BCUT2D eigenvalue weighted by Gasteiger charge is -2.12. The summed E-state index contributed by atoms with van der Waals surface area (Å²) >= 11 is 0. The number of hydrogen-bond acceptors (Lipinski definition) is 4. The van der Waals surface area contributed by atoms with Crippen molar-refractivity contribution in [1.29, 1.82) is 0 Å². The molecule has 0 saturated carbocycles. The summed E-state index contributed by atoms with van der Waals surface area (Å²) < 4.78 is 44.6. The fourth-order valence-electron chi connectivity index (χ4n) is 3.26. The molecule has 0 amide bonds. The van der Waals surface area contributed by atoms with Gasteiger partial charge in [-0.15, -0.1) is 0 Å². The molecular formula is C20H19FN2O3S. The lowest BCUT2D eigenvalue weighted by atomic mass is 10.0. The van der Waals surface area contributed by atoms with Crippen LogP contribution in [0.2, 0.25) is 0 Å². The summed E-state index contributed by atoms with van der Waals surface area (Å²) in [6.45, 7) is 0.278. The van der Waals surface area contributed by atoms with E-state index >= 15 is 0 Å². The molecule has 5 nitrogen and oxygen atoms in total. The smallest absolute Gasteiger partial charge is 0.150 e. The van der Waals surface area contributed by atoms with E-state index in [-0.39, 0.29) is 24.0 Å². The minimum atomic E-state index is -2.94. The number of rotatable bonds is 5. The van der Waals surface area contributed by atoms with Gasteiger partial charge >= 0.3 is 0 Å². The van der Waals surface area contributed by atoms with E-state index in [9.17, 15) is 12.8 Å². The van der Waals surface area contributed by atoms with Crippen LogP contribution in [-0.4, -0.2) is 36.3 Å². The fraction of sp³-hybridized carbons (Fsp3) is 0.250. The van der Waals surface area contributed by atoms with Gasteiger partial charge in [0.25, 0.3) is 0 Å². The summed E-state index contributed by atoms with van der Waals surface area (Å²) in [5.74, 6) is 0.334. The number of ether oxygens (including phenoxy) is 1. The van der Waals surface area contributed by atoms with Crippen molar-refractivity contribution >= 4 is 9.84 Å². The quantitative estimate of drug-likeness (QED) is 0.673. The molecular weight excluding hydrogens is 367 g/mol. The fourth-order valence-corrected chi connectivity index (χ4v) is 5.10. The maximum Gasteiger partial charge on any atom is 0.150 e. The van der Waals surface area contributed by atoms with Gasteiger partial charge in [0.05, 0.1) is 23.8 Å². The van der Waals surface area contributed by atoms with Crippen LogP contribution in [0, 0.1) is 11.7 Å². The molecule has 2 heterocycles. The highest BCUT2D eigenvalue weighted by atomic mass is 32.2. The van der Waals surface area contributed by atoms with Gasteiger partial charge in [-0.1, -0.05) is 12.1 Å². The molecule has 1 aliphatic heterocycles. The Bertz CT molecular complexity index is 1030. The van der Waals surface area contributed by atoms with E-state index in [1.807, 2.05) is 36.5 Å². The molecule has 7 heteroatoms. The number of nitrogens with zero attached hydrogens (tertiary/aromatic N) is 2. The minimum absolute atomic E-state index is 0.0323. The van der Waals surface area contributed by atoms with E-state index in [0.717, 1.165) is 11.3 Å². The molecule has 1 fully saturated rings. The van der Waals surface area contributed by atoms with Gasteiger partial charge in [0.15, 0.2) is 9.84 Å². The standard InChI is InChI=1S/C20H19FN2O3S/c21-18-10-17(16-2-4-19(5-3-16)23-8-1-7-22-23)11-20(12-18)26-13-15-6-9-27(24,25)14-15/h1-5,7-8,10-12,15H,6,9,13-14H2. The summed E-state index contributed by atoms with van der Waals surface area (Å²) in [5, 5.41) is 4.18. The first-order valence-corrected chi connectivity index (χ1v) is 10.5. The van der Waals surface area contributed by atoms with E-state index < -0.39 is 15.7 Å². The molecule has 3 aromatic rings. The van der Waals surface area contributed by atoms with E-state index in [4.69, 9.17) is 4.74 Å². The number of halogens is 1. The van der Waals surface area contributed by atoms with Crippen LogP contribution < -0.4 is 4.74 Å². The highest BCUT2D eigenvalue weighted by Gasteiger charge is 2.28. The summed E-state index contributed by atoms with van der Waals surface area (Å²) in [6, 6.07) is 14.0. The van der Waals surface area contributed by atoms with Crippen molar-refractivity contribution in [3.05, 3.63) is 66.7 Å². The van der Waals surface area contributed by atoms with E-state index in [0.29, 0.717) is 17.7 Å². The van der Waals surface area contributed by atoms with Crippen molar-refractivity contribution in [2.75, 3.05) is 18.1 Å². The van der Waals surface area contributed by atoms with Crippen molar-refractivity contribution in [2.24, 2.45) is 5.92 Å². The second-order valence-electron chi connectivity index (χ2n) is 6.75. The van der Waals surface area contributed by atoms with Gasteiger partial charge < -0.3 is 4.74 Å². The lowest BCUT2D eigenvalue weighted by molar-refractivity contribution is 0.262. The zero-order valence-corrected chi connectivity index (χ0v) is 15.4. The van der Waals surface area contributed by atoms with E-state index in [1.165, 1.54) is 12.1 Å². The van der Waals surface area contributed by atoms with Crippen molar-refractivity contribution in [3.8, 4) is 22.6 Å². The Labute approximate surface area is 157 Å². The Kier molecular flexibility index (Phi) is 4.70. The molecule has 0 N–H and O–H groups in total. The molecule has 1 saturated heterocycles. The molecule has 1 aliphatic rings. The Morgan fingerprint density at radius 3 is 2.63 bits per heavy atom. The molecule has 0 spiro atoms. The maximum absolute atomic E-state index is 14.0. The third kappa shape index (κ3) is 4.19. The van der Waals surface area contributed by atoms with Crippen LogP contribution in [0.25, 0.3) is 16.8 Å². The van der Waals surface area contributed by atoms with Crippen molar-refractivity contribution in [3.63, 3.8) is 0 Å². The van der Waals surface area contributed by atoms with Gasteiger partial charge in [-0.2, -0.15) is 5.10 Å².